The van der Waals surface area contributed by atoms with E-state index in [1.165, 1.54) is 6.07 Å². The van der Waals surface area contributed by atoms with Crippen molar-refractivity contribution in [1.29, 1.82) is 5.26 Å². The molecule has 1 saturated heterocycles. The summed E-state index contributed by atoms with van der Waals surface area (Å²) in [4.78, 5) is 19.9. The minimum Gasteiger partial charge on any atom is -0.367 e. The first kappa shape index (κ1) is 17.7. The quantitative estimate of drug-likeness (QED) is 0.514. The Kier molecular flexibility index (Phi) is 4.53. The molecule has 1 aromatic heterocycles. The zero-order valence-electron chi connectivity index (χ0n) is 15.5. The molecule has 0 radical (unpaired) electrons. The van der Waals surface area contributed by atoms with Crippen molar-refractivity contribution >= 4 is 28.0 Å². The van der Waals surface area contributed by atoms with Crippen LogP contribution in [-0.2, 0) is 0 Å². The largest absolute Gasteiger partial charge is 0.367 e. The first-order valence-corrected chi connectivity index (χ1v) is 9.12. The highest BCUT2D eigenvalue weighted by Gasteiger charge is 2.23. The van der Waals surface area contributed by atoms with Gasteiger partial charge in [-0.05, 0) is 25.1 Å². The van der Waals surface area contributed by atoms with Crippen LogP contribution in [0.1, 0.15) is 11.3 Å². The summed E-state index contributed by atoms with van der Waals surface area (Å²) in [7, 11) is 0. The van der Waals surface area contributed by atoms with Crippen LogP contribution in [0.2, 0.25) is 0 Å². The number of aromatic nitrogens is 1. The van der Waals surface area contributed by atoms with E-state index in [4.69, 9.17) is 0 Å². The zero-order valence-corrected chi connectivity index (χ0v) is 15.5. The molecule has 140 valence electrons. The molecule has 0 unspecified atom stereocenters. The van der Waals surface area contributed by atoms with Crippen LogP contribution in [0.3, 0.4) is 0 Å². The second kappa shape index (κ2) is 7.16. The maximum absolute atomic E-state index is 11.4. The van der Waals surface area contributed by atoms with Gasteiger partial charge >= 0.3 is 0 Å². The number of pyridine rings is 1. The van der Waals surface area contributed by atoms with E-state index in [1.54, 1.807) is 6.07 Å². The van der Waals surface area contributed by atoms with Gasteiger partial charge in [-0.25, -0.2) is 4.98 Å². The molecular formula is C21H19N5O2. The SMILES string of the molecule is Cc1cc(N2CCN(c3ccccc3C#N)CC2)c2cccc([N+](=O)[O-])c2n1. The van der Waals surface area contributed by atoms with Gasteiger partial charge in [0.15, 0.2) is 5.52 Å². The summed E-state index contributed by atoms with van der Waals surface area (Å²) in [6.45, 7) is 4.94. The number of fused-ring (bicyclic) bond motifs is 1. The lowest BCUT2D eigenvalue weighted by Gasteiger charge is -2.38. The maximum atomic E-state index is 11.4. The molecule has 4 rings (SSSR count). The van der Waals surface area contributed by atoms with Crippen molar-refractivity contribution in [2.75, 3.05) is 36.0 Å². The third kappa shape index (κ3) is 3.09. The van der Waals surface area contributed by atoms with Crippen molar-refractivity contribution in [2.45, 2.75) is 6.92 Å². The summed E-state index contributed by atoms with van der Waals surface area (Å²) >= 11 is 0. The lowest BCUT2D eigenvalue weighted by atomic mass is 10.1. The van der Waals surface area contributed by atoms with Crippen molar-refractivity contribution in [2.24, 2.45) is 0 Å². The Labute approximate surface area is 162 Å². The summed E-state index contributed by atoms with van der Waals surface area (Å²) in [5.74, 6) is 0. The van der Waals surface area contributed by atoms with Crippen LogP contribution in [0.4, 0.5) is 17.1 Å². The van der Waals surface area contributed by atoms with E-state index < -0.39 is 0 Å². The second-order valence-corrected chi connectivity index (χ2v) is 6.82. The van der Waals surface area contributed by atoms with E-state index >= 15 is 0 Å². The molecule has 0 N–H and O–H groups in total. The average Bonchev–Trinajstić information content (AvgIpc) is 2.72. The van der Waals surface area contributed by atoms with E-state index in [0.717, 1.165) is 48.6 Å². The van der Waals surface area contributed by atoms with Crippen molar-refractivity contribution in [3.63, 3.8) is 0 Å². The summed E-state index contributed by atoms with van der Waals surface area (Å²) in [5, 5.41) is 21.5. The standard InChI is InChI=1S/C21H19N5O2/c1-15-13-20(17-6-4-8-19(26(27)28)21(17)23-15)25-11-9-24(10-12-25)18-7-3-2-5-16(18)14-22/h2-8,13H,9-12H2,1H3. The number of aryl methyl sites for hydroxylation is 1. The molecule has 0 spiro atoms. The van der Waals surface area contributed by atoms with Crippen LogP contribution in [0, 0.1) is 28.4 Å². The smallest absolute Gasteiger partial charge is 0.295 e. The maximum Gasteiger partial charge on any atom is 0.295 e. The van der Waals surface area contributed by atoms with Crippen molar-refractivity contribution < 1.29 is 4.92 Å². The molecule has 0 atom stereocenters. The van der Waals surface area contributed by atoms with Gasteiger partial charge in [-0.15, -0.1) is 0 Å². The van der Waals surface area contributed by atoms with Crippen LogP contribution in [-0.4, -0.2) is 36.1 Å². The fraction of sp³-hybridized carbons (Fsp3) is 0.238. The summed E-state index contributed by atoms with van der Waals surface area (Å²) < 4.78 is 0. The van der Waals surface area contributed by atoms with E-state index in [9.17, 15) is 15.4 Å². The van der Waals surface area contributed by atoms with E-state index in [-0.39, 0.29) is 10.6 Å². The van der Waals surface area contributed by atoms with Crippen molar-refractivity contribution in [1.82, 2.24) is 4.98 Å². The van der Waals surface area contributed by atoms with Crippen LogP contribution >= 0.6 is 0 Å². The molecule has 7 heteroatoms. The molecule has 28 heavy (non-hydrogen) atoms. The fourth-order valence-corrected chi connectivity index (χ4v) is 3.78. The molecule has 1 fully saturated rings. The molecule has 2 aromatic carbocycles. The molecule has 0 aliphatic carbocycles. The van der Waals surface area contributed by atoms with Gasteiger partial charge in [-0.2, -0.15) is 5.26 Å². The lowest BCUT2D eigenvalue weighted by Crippen LogP contribution is -2.46. The van der Waals surface area contributed by atoms with Crippen molar-refractivity contribution in [3.8, 4) is 6.07 Å². The predicted molar refractivity (Wildman–Crippen MR) is 109 cm³/mol. The number of rotatable bonds is 3. The Morgan fingerprint density at radius 1 is 1.04 bits per heavy atom. The Balaban J connectivity index is 1.65. The third-order valence-corrected chi connectivity index (χ3v) is 5.11. The molecule has 1 aliphatic heterocycles. The van der Waals surface area contributed by atoms with Crippen LogP contribution in [0.25, 0.3) is 10.9 Å². The highest BCUT2D eigenvalue weighted by molar-refractivity contribution is 5.97. The summed E-state index contributed by atoms with van der Waals surface area (Å²) in [6.07, 6.45) is 0. The number of nitriles is 1. The molecule has 0 amide bonds. The fourth-order valence-electron chi connectivity index (χ4n) is 3.78. The number of benzene rings is 2. The number of hydrogen-bond acceptors (Lipinski definition) is 6. The number of nitro groups is 1. The number of nitro benzene ring substituents is 1. The molecule has 1 aliphatic rings. The molecule has 7 nitrogen and oxygen atoms in total. The van der Waals surface area contributed by atoms with E-state index in [2.05, 4.69) is 20.9 Å². The average molecular weight is 373 g/mol. The summed E-state index contributed by atoms with van der Waals surface area (Å²) in [5.41, 5.74) is 3.82. The van der Waals surface area contributed by atoms with Crippen LogP contribution in [0.5, 0.6) is 0 Å². The number of hydrogen-bond donors (Lipinski definition) is 0. The number of anilines is 2. The monoisotopic (exact) mass is 373 g/mol. The first-order chi connectivity index (χ1) is 13.6. The highest BCUT2D eigenvalue weighted by Crippen LogP contribution is 2.33. The lowest BCUT2D eigenvalue weighted by molar-refractivity contribution is -0.383. The Bertz CT molecular complexity index is 1100. The molecule has 2 heterocycles. The van der Waals surface area contributed by atoms with Crippen molar-refractivity contribution in [3.05, 3.63) is 69.9 Å². The number of non-ortho nitro benzene ring substituents is 1. The first-order valence-electron chi connectivity index (χ1n) is 9.12. The Hall–Kier alpha value is -3.66. The number of piperazine rings is 1. The molecule has 3 aromatic rings. The number of para-hydroxylation sites is 2. The Morgan fingerprint density at radius 2 is 1.71 bits per heavy atom. The van der Waals surface area contributed by atoms with E-state index in [0.29, 0.717) is 11.1 Å². The summed E-state index contributed by atoms with van der Waals surface area (Å²) in [6, 6.07) is 17.0. The minimum atomic E-state index is -0.380. The van der Waals surface area contributed by atoms with Gasteiger partial charge in [-0.1, -0.05) is 24.3 Å². The number of nitrogens with zero attached hydrogens (tertiary/aromatic N) is 5. The topological polar surface area (TPSA) is 86.3 Å². The van der Waals surface area contributed by atoms with E-state index in [1.807, 2.05) is 43.3 Å². The normalized spacial score (nSPS) is 14.1. The van der Waals surface area contributed by atoms with Crippen LogP contribution < -0.4 is 9.80 Å². The van der Waals surface area contributed by atoms with Gasteiger partial charge in [-0.3, -0.25) is 10.1 Å². The van der Waals surface area contributed by atoms with Gasteiger partial charge in [0.25, 0.3) is 5.69 Å². The van der Waals surface area contributed by atoms with Gasteiger partial charge in [0.1, 0.15) is 6.07 Å². The highest BCUT2D eigenvalue weighted by atomic mass is 16.6. The molecule has 0 saturated carbocycles. The van der Waals surface area contributed by atoms with Crippen LogP contribution in [0.15, 0.2) is 48.5 Å². The van der Waals surface area contributed by atoms with Gasteiger partial charge in [0.2, 0.25) is 0 Å². The minimum absolute atomic E-state index is 0.0315. The second-order valence-electron chi connectivity index (χ2n) is 6.82. The molecule has 0 bridgehead atoms. The predicted octanol–water partition coefficient (Wildman–Crippen LogP) is 3.65. The Morgan fingerprint density at radius 3 is 2.39 bits per heavy atom. The van der Waals surface area contributed by atoms with Gasteiger partial charge in [0.05, 0.1) is 16.2 Å². The molecular weight excluding hydrogens is 354 g/mol. The third-order valence-electron chi connectivity index (χ3n) is 5.11. The van der Waals surface area contributed by atoms with Gasteiger partial charge in [0, 0.05) is 49.0 Å². The van der Waals surface area contributed by atoms with Gasteiger partial charge < -0.3 is 9.80 Å². The zero-order chi connectivity index (χ0) is 19.7.